The highest BCUT2D eigenvalue weighted by molar-refractivity contribution is 6.30. The Morgan fingerprint density at radius 1 is 1.05 bits per heavy atom. The summed E-state index contributed by atoms with van der Waals surface area (Å²) in [5.41, 5.74) is 0.881. The van der Waals surface area contributed by atoms with Gasteiger partial charge in [0.2, 0.25) is 5.91 Å². The Labute approximate surface area is 235 Å². The van der Waals surface area contributed by atoms with Gasteiger partial charge in [0.25, 0.3) is 0 Å². The zero-order chi connectivity index (χ0) is 27.8. The molecule has 0 radical (unpaired) electrons. The van der Waals surface area contributed by atoms with Gasteiger partial charge in [-0.2, -0.15) is 0 Å². The van der Waals surface area contributed by atoms with Crippen molar-refractivity contribution in [2.45, 2.75) is 83.0 Å². The van der Waals surface area contributed by atoms with Crippen molar-refractivity contribution in [2.75, 3.05) is 13.1 Å². The van der Waals surface area contributed by atoms with Gasteiger partial charge < -0.3 is 14.4 Å². The van der Waals surface area contributed by atoms with Crippen LogP contribution in [0, 0.1) is 5.41 Å². The molecular formula is C31H37ClN2O5. The van der Waals surface area contributed by atoms with Crippen LogP contribution in [0.25, 0.3) is 0 Å². The number of ether oxygens (including phenoxy) is 2. The predicted molar refractivity (Wildman–Crippen MR) is 149 cm³/mol. The van der Waals surface area contributed by atoms with Gasteiger partial charge in [-0.05, 0) is 68.7 Å². The highest BCUT2D eigenvalue weighted by atomic mass is 35.5. The molecule has 3 amide bonds. The van der Waals surface area contributed by atoms with Crippen molar-refractivity contribution in [3.05, 3.63) is 70.7 Å². The summed E-state index contributed by atoms with van der Waals surface area (Å²) < 4.78 is 11.5. The zero-order valence-corrected chi connectivity index (χ0v) is 23.7. The molecule has 2 saturated heterocycles. The van der Waals surface area contributed by atoms with Crippen LogP contribution < -0.4 is 0 Å². The van der Waals surface area contributed by atoms with E-state index in [9.17, 15) is 14.4 Å². The van der Waals surface area contributed by atoms with Crippen molar-refractivity contribution in [3.63, 3.8) is 0 Å². The van der Waals surface area contributed by atoms with Crippen LogP contribution in [-0.2, 0) is 20.7 Å². The average Bonchev–Trinajstić information content (AvgIpc) is 3.60. The van der Waals surface area contributed by atoms with Crippen molar-refractivity contribution in [2.24, 2.45) is 5.41 Å². The normalized spacial score (nSPS) is 23.2. The second-order valence-electron chi connectivity index (χ2n) is 12.1. The van der Waals surface area contributed by atoms with Crippen molar-refractivity contribution in [1.82, 2.24) is 9.80 Å². The molecule has 2 aliphatic heterocycles. The lowest BCUT2D eigenvalue weighted by molar-refractivity contribution is -0.131. The topological polar surface area (TPSA) is 76.2 Å². The minimum absolute atomic E-state index is 0.169. The third kappa shape index (κ3) is 5.79. The predicted octanol–water partition coefficient (Wildman–Crippen LogP) is 6.58. The summed E-state index contributed by atoms with van der Waals surface area (Å²) in [4.78, 5) is 44.0. The fourth-order valence-corrected chi connectivity index (χ4v) is 6.75. The standard InChI is InChI=1S/C31H37ClN2O5/c1-30(2,3)39-29(37)33-18-17-31(15-7-8-16-31)26(33)25(22-11-13-23(32)14-12-22)27(35)34-20-24(38-28(34)36)19-21-9-5-4-6-10-21/h4-6,9-14,24-26H,7-8,15-20H2,1-3H3/t24-,25-,26+/m0/s1. The van der Waals surface area contributed by atoms with Crippen LogP contribution >= 0.6 is 11.6 Å². The fourth-order valence-electron chi connectivity index (χ4n) is 6.63. The first-order chi connectivity index (χ1) is 18.6. The first-order valence-electron chi connectivity index (χ1n) is 13.9. The Kier molecular flexibility index (Phi) is 7.64. The molecule has 2 heterocycles. The molecule has 3 fully saturated rings. The van der Waals surface area contributed by atoms with E-state index in [-0.39, 0.29) is 17.9 Å². The summed E-state index contributed by atoms with van der Waals surface area (Å²) in [5.74, 6) is -1.09. The first kappa shape index (κ1) is 27.5. The molecule has 3 aliphatic rings. The number of hydrogen-bond donors (Lipinski definition) is 0. The molecule has 1 saturated carbocycles. The van der Waals surface area contributed by atoms with Gasteiger partial charge in [-0.3, -0.25) is 4.79 Å². The Morgan fingerprint density at radius 2 is 1.72 bits per heavy atom. The van der Waals surface area contributed by atoms with E-state index in [4.69, 9.17) is 21.1 Å². The largest absolute Gasteiger partial charge is 0.444 e. The number of likely N-dealkylation sites (tertiary alicyclic amines) is 1. The monoisotopic (exact) mass is 552 g/mol. The van der Waals surface area contributed by atoms with Gasteiger partial charge in [-0.15, -0.1) is 0 Å². The summed E-state index contributed by atoms with van der Waals surface area (Å²) in [6, 6.07) is 16.5. The molecule has 3 atom stereocenters. The average molecular weight is 553 g/mol. The molecule has 2 aromatic rings. The van der Waals surface area contributed by atoms with Crippen LogP contribution in [-0.4, -0.2) is 58.7 Å². The van der Waals surface area contributed by atoms with Gasteiger partial charge >= 0.3 is 12.2 Å². The maximum absolute atomic E-state index is 14.4. The molecule has 0 unspecified atom stereocenters. The third-order valence-electron chi connectivity index (χ3n) is 8.30. The third-order valence-corrected chi connectivity index (χ3v) is 8.55. The SMILES string of the molecule is CC(C)(C)OC(=O)N1CCC2(CCCC2)[C@H]1[C@@H](C(=O)N1C[C@H](Cc2ccccc2)OC1=O)c1ccc(Cl)cc1. The van der Waals surface area contributed by atoms with Gasteiger partial charge in [-0.25, -0.2) is 14.5 Å². The molecule has 208 valence electrons. The minimum atomic E-state index is -0.751. The molecule has 7 nitrogen and oxygen atoms in total. The maximum atomic E-state index is 14.4. The number of rotatable bonds is 5. The maximum Gasteiger partial charge on any atom is 0.417 e. The van der Waals surface area contributed by atoms with Crippen molar-refractivity contribution in [3.8, 4) is 0 Å². The molecule has 8 heteroatoms. The van der Waals surface area contributed by atoms with E-state index in [0.29, 0.717) is 18.0 Å². The number of imide groups is 1. The summed E-state index contributed by atoms with van der Waals surface area (Å²) >= 11 is 6.22. The lowest BCUT2D eigenvalue weighted by atomic mass is 9.71. The summed E-state index contributed by atoms with van der Waals surface area (Å²) in [6.07, 6.45) is 3.78. The number of halogens is 1. The van der Waals surface area contributed by atoms with E-state index in [0.717, 1.165) is 43.2 Å². The molecular weight excluding hydrogens is 516 g/mol. The van der Waals surface area contributed by atoms with Crippen LogP contribution in [0.5, 0.6) is 0 Å². The second kappa shape index (κ2) is 10.8. The molecule has 5 rings (SSSR count). The summed E-state index contributed by atoms with van der Waals surface area (Å²) in [7, 11) is 0. The Morgan fingerprint density at radius 3 is 2.36 bits per heavy atom. The summed E-state index contributed by atoms with van der Waals surface area (Å²) in [5, 5.41) is 0.555. The first-order valence-corrected chi connectivity index (χ1v) is 14.3. The minimum Gasteiger partial charge on any atom is -0.444 e. The molecule has 2 aromatic carbocycles. The van der Waals surface area contributed by atoms with E-state index in [1.54, 1.807) is 17.0 Å². The molecule has 1 spiro atoms. The van der Waals surface area contributed by atoms with Gasteiger partial charge in [0, 0.05) is 18.0 Å². The van der Waals surface area contributed by atoms with Crippen LogP contribution in [0.3, 0.4) is 0 Å². The van der Waals surface area contributed by atoms with E-state index in [1.807, 2.05) is 63.2 Å². The van der Waals surface area contributed by atoms with Gasteiger partial charge in [0.1, 0.15) is 11.7 Å². The van der Waals surface area contributed by atoms with Crippen molar-refractivity contribution in [1.29, 1.82) is 0 Å². The quantitative estimate of drug-likeness (QED) is 0.418. The van der Waals surface area contributed by atoms with E-state index >= 15 is 0 Å². The van der Waals surface area contributed by atoms with Gasteiger partial charge in [-0.1, -0.05) is 66.9 Å². The van der Waals surface area contributed by atoms with Gasteiger partial charge in [0.05, 0.1) is 18.5 Å². The van der Waals surface area contributed by atoms with E-state index < -0.39 is 35.9 Å². The number of amides is 3. The van der Waals surface area contributed by atoms with Crippen LogP contribution in [0.15, 0.2) is 54.6 Å². The van der Waals surface area contributed by atoms with Crippen LogP contribution in [0.2, 0.25) is 5.02 Å². The van der Waals surface area contributed by atoms with Crippen LogP contribution in [0.4, 0.5) is 9.59 Å². The highest BCUT2D eigenvalue weighted by Gasteiger charge is 2.57. The lowest BCUT2D eigenvalue weighted by Gasteiger charge is -2.41. The van der Waals surface area contributed by atoms with Crippen LogP contribution in [0.1, 0.15) is 69.9 Å². The number of cyclic esters (lactones) is 1. The van der Waals surface area contributed by atoms with Crippen molar-refractivity contribution < 1.29 is 23.9 Å². The molecule has 39 heavy (non-hydrogen) atoms. The Balaban J connectivity index is 1.50. The smallest absolute Gasteiger partial charge is 0.417 e. The molecule has 1 aliphatic carbocycles. The van der Waals surface area contributed by atoms with E-state index in [1.165, 1.54) is 4.90 Å². The summed E-state index contributed by atoms with van der Waals surface area (Å²) in [6.45, 7) is 6.21. The van der Waals surface area contributed by atoms with Crippen molar-refractivity contribution >= 4 is 29.7 Å². The molecule has 0 bridgehead atoms. The zero-order valence-electron chi connectivity index (χ0n) is 22.9. The Hall–Kier alpha value is -3.06. The lowest BCUT2D eigenvalue weighted by Crippen LogP contribution is -2.52. The fraction of sp³-hybridized carbons (Fsp3) is 0.516. The molecule has 0 N–H and O–H groups in total. The van der Waals surface area contributed by atoms with Gasteiger partial charge in [0.15, 0.2) is 0 Å². The number of nitrogens with zero attached hydrogens (tertiary/aromatic N) is 2. The number of hydrogen-bond acceptors (Lipinski definition) is 5. The molecule has 0 aromatic heterocycles. The highest BCUT2D eigenvalue weighted by Crippen LogP contribution is 2.54. The number of benzene rings is 2. The Bertz CT molecular complexity index is 1200. The second-order valence-corrected chi connectivity index (χ2v) is 12.5. The number of carbonyl (C=O) groups is 3. The van der Waals surface area contributed by atoms with E-state index in [2.05, 4.69) is 0 Å². The number of carbonyl (C=O) groups excluding carboxylic acids is 3.